The first kappa shape index (κ1) is 20.8. The number of benzene rings is 2. The number of allylic oxidation sites excluding steroid dienone is 6. The molecule has 1 saturated heterocycles. The smallest absolute Gasteiger partial charge is 0.233 e. The van der Waals surface area contributed by atoms with Crippen LogP contribution < -0.4 is 0 Å². The van der Waals surface area contributed by atoms with Gasteiger partial charge in [0.15, 0.2) is 11.6 Å². The Labute approximate surface area is 196 Å². The fraction of sp³-hybridized carbons (Fsp3) is 0.286. The van der Waals surface area contributed by atoms with E-state index in [0.29, 0.717) is 28.5 Å². The predicted molar refractivity (Wildman–Crippen MR) is 125 cm³/mol. The highest BCUT2D eigenvalue weighted by Gasteiger charge is 2.55. The molecule has 3 aliphatic carbocycles. The molecule has 0 aromatic heterocycles. The van der Waals surface area contributed by atoms with Crippen molar-refractivity contribution >= 4 is 34.2 Å². The van der Waals surface area contributed by atoms with Crippen LogP contribution in [0.3, 0.4) is 0 Å². The number of amides is 2. The summed E-state index contributed by atoms with van der Waals surface area (Å²) < 4.78 is 0. The van der Waals surface area contributed by atoms with Crippen molar-refractivity contribution in [2.45, 2.75) is 25.7 Å². The zero-order chi connectivity index (χ0) is 23.9. The van der Waals surface area contributed by atoms with Gasteiger partial charge in [-0.25, -0.2) is 0 Å². The molecule has 2 amide bonds. The highest BCUT2D eigenvalue weighted by Crippen LogP contribution is 2.55. The first-order valence-corrected chi connectivity index (χ1v) is 11.5. The van der Waals surface area contributed by atoms with Crippen molar-refractivity contribution in [1.82, 2.24) is 4.90 Å². The van der Waals surface area contributed by atoms with Crippen LogP contribution in [0.25, 0.3) is 10.8 Å². The molecule has 4 atom stereocenters. The molecule has 6 heteroatoms. The van der Waals surface area contributed by atoms with E-state index in [0.717, 1.165) is 16.5 Å². The molecule has 34 heavy (non-hydrogen) atoms. The number of aromatic hydroxyl groups is 1. The summed E-state index contributed by atoms with van der Waals surface area (Å²) in [4.78, 5) is 53.7. The lowest BCUT2D eigenvalue weighted by Gasteiger charge is -2.42. The summed E-state index contributed by atoms with van der Waals surface area (Å²) in [5.74, 6) is -2.45. The average molecular weight is 453 g/mol. The first-order chi connectivity index (χ1) is 16.3. The van der Waals surface area contributed by atoms with Crippen molar-refractivity contribution in [3.63, 3.8) is 0 Å². The van der Waals surface area contributed by atoms with E-state index in [9.17, 15) is 24.3 Å². The second-order valence-corrected chi connectivity index (χ2v) is 9.68. The van der Waals surface area contributed by atoms with Crippen molar-refractivity contribution in [2.24, 2.45) is 17.8 Å². The molecule has 0 unspecified atom stereocenters. The van der Waals surface area contributed by atoms with Gasteiger partial charge in [-0.1, -0.05) is 42.0 Å². The van der Waals surface area contributed by atoms with E-state index in [1.54, 1.807) is 19.1 Å². The van der Waals surface area contributed by atoms with Gasteiger partial charge in [-0.3, -0.25) is 24.1 Å². The van der Waals surface area contributed by atoms with Crippen molar-refractivity contribution in [1.29, 1.82) is 0 Å². The maximum atomic E-state index is 13.5. The van der Waals surface area contributed by atoms with E-state index in [2.05, 4.69) is 0 Å². The Bertz CT molecular complexity index is 1440. The largest absolute Gasteiger partial charge is 0.507 e. The SMILES string of the molecule is CC1=CC(=O)C2=C(C1=O)[C@@H](c1ccc(O)c3ccccc13)C1=CC[C@@H]3C(=O)N(C)C(=O)[C@@H]3[C@@H]1C2. The average Bonchev–Trinajstić information content (AvgIpc) is 3.06. The Morgan fingerprint density at radius 3 is 2.44 bits per heavy atom. The Hall–Kier alpha value is -3.80. The third kappa shape index (κ3) is 2.62. The van der Waals surface area contributed by atoms with Gasteiger partial charge >= 0.3 is 0 Å². The summed E-state index contributed by atoms with van der Waals surface area (Å²) in [5.41, 5.74) is 3.04. The number of carbonyl (C=O) groups is 4. The minimum Gasteiger partial charge on any atom is -0.507 e. The van der Waals surface area contributed by atoms with Crippen LogP contribution in [0, 0.1) is 17.8 Å². The quantitative estimate of drug-likeness (QED) is 0.405. The molecule has 170 valence electrons. The molecular weight excluding hydrogens is 430 g/mol. The summed E-state index contributed by atoms with van der Waals surface area (Å²) >= 11 is 0. The Morgan fingerprint density at radius 1 is 0.941 bits per heavy atom. The lowest BCUT2D eigenvalue weighted by molar-refractivity contribution is -0.138. The fourth-order valence-electron chi connectivity index (χ4n) is 6.43. The minimum atomic E-state index is -0.535. The van der Waals surface area contributed by atoms with Crippen LogP contribution >= 0.6 is 0 Å². The van der Waals surface area contributed by atoms with Gasteiger partial charge in [0.25, 0.3) is 0 Å². The number of hydrogen-bond donors (Lipinski definition) is 1. The number of likely N-dealkylation sites (tertiary alicyclic amines) is 1. The van der Waals surface area contributed by atoms with Gasteiger partial charge < -0.3 is 5.11 Å². The Balaban J connectivity index is 1.63. The summed E-state index contributed by atoms with van der Waals surface area (Å²) in [5, 5.41) is 11.9. The van der Waals surface area contributed by atoms with Crippen LogP contribution in [0.1, 0.15) is 31.2 Å². The monoisotopic (exact) mass is 453 g/mol. The number of hydrogen-bond acceptors (Lipinski definition) is 5. The lowest BCUT2D eigenvalue weighted by atomic mass is 9.59. The second-order valence-electron chi connectivity index (χ2n) is 9.68. The van der Waals surface area contributed by atoms with E-state index in [1.807, 2.05) is 30.3 Å². The molecular formula is C28H23NO5. The third-order valence-electron chi connectivity index (χ3n) is 8.03. The number of Topliss-reactive ketones (excluding diaryl/α,β-unsaturated/α-hetero) is 1. The van der Waals surface area contributed by atoms with Crippen LogP contribution in [0.5, 0.6) is 5.75 Å². The summed E-state index contributed by atoms with van der Waals surface area (Å²) in [6.45, 7) is 1.65. The third-order valence-corrected chi connectivity index (χ3v) is 8.03. The van der Waals surface area contributed by atoms with Gasteiger partial charge in [0.2, 0.25) is 11.8 Å². The lowest BCUT2D eigenvalue weighted by Crippen LogP contribution is -2.39. The Morgan fingerprint density at radius 2 is 1.68 bits per heavy atom. The van der Waals surface area contributed by atoms with Crippen molar-refractivity contribution in [3.8, 4) is 5.75 Å². The molecule has 0 saturated carbocycles. The molecule has 6 rings (SSSR count). The van der Waals surface area contributed by atoms with Crippen LogP contribution in [-0.2, 0) is 19.2 Å². The zero-order valence-corrected chi connectivity index (χ0v) is 18.9. The first-order valence-electron chi connectivity index (χ1n) is 11.5. The van der Waals surface area contributed by atoms with Crippen LogP contribution in [0.15, 0.2) is 70.8 Å². The number of rotatable bonds is 1. The minimum absolute atomic E-state index is 0.138. The van der Waals surface area contributed by atoms with Gasteiger partial charge in [-0.2, -0.15) is 0 Å². The highest BCUT2D eigenvalue weighted by atomic mass is 16.3. The molecule has 1 fully saturated rings. The van der Waals surface area contributed by atoms with Crippen molar-refractivity contribution < 1.29 is 24.3 Å². The van der Waals surface area contributed by atoms with Crippen LogP contribution in [0.2, 0.25) is 0 Å². The summed E-state index contributed by atoms with van der Waals surface area (Å²) in [6, 6.07) is 10.9. The van der Waals surface area contributed by atoms with Gasteiger partial charge in [-0.15, -0.1) is 0 Å². The molecule has 6 nitrogen and oxygen atoms in total. The van der Waals surface area contributed by atoms with E-state index in [-0.39, 0.29) is 41.5 Å². The second kappa shape index (κ2) is 7.10. The van der Waals surface area contributed by atoms with Crippen LogP contribution in [0.4, 0.5) is 0 Å². The molecule has 1 heterocycles. The molecule has 1 N–H and O–H groups in total. The molecule has 0 bridgehead atoms. The zero-order valence-electron chi connectivity index (χ0n) is 18.9. The molecule has 0 radical (unpaired) electrons. The van der Waals surface area contributed by atoms with Gasteiger partial charge in [0, 0.05) is 35.1 Å². The number of fused-ring (bicyclic) bond motifs is 4. The van der Waals surface area contributed by atoms with Crippen molar-refractivity contribution in [2.75, 3.05) is 7.05 Å². The number of ketones is 2. The number of imide groups is 1. The molecule has 4 aliphatic rings. The molecule has 1 aliphatic heterocycles. The predicted octanol–water partition coefficient (Wildman–Crippen LogP) is 3.60. The molecule has 2 aromatic rings. The fourth-order valence-corrected chi connectivity index (χ4v) is 6.43. The normalized spacial score (nSPS) is 28.6. The number of nitrogens with zero attached hydrogens (tertiary/aromatic N) is 1. The van der Waals surface area contributed by atoms with E-state index in [1.165, 1.54) is 18.0 Å². The van der Waals surface area contributed by atoms with Gasteiger partial charge in [0.05, 0.1) is 11.8 Å². The summed E-state index contributed by atoms with van der Waals surface area (Å²) in [6.07, 6.45) is 4.10. The maximum absolute atomic E-state index is 13.5. The topological polar surface area (TPSA) is 91.8 Å². The van der Waals surface area contributed by atoms with E-state index < -0.39 is 17.8 Å². The van der Waals surface area contributed by atoms with Crippen molar-refractivity contribution in [3.05, 3.63) is 76.4 Å². The molecule has 0 spiro atoms. The maximum Gasteiger partial charge on any atom is 0.233 e. The van der Waals surface area contributed by atoms with Gasteiger partial charge in [-0.05, 0) is 48.8 Å². The molecule has 2 aromatic carbocycles. The number of carbonyl (C=O) groups excluding carboxylic acids is 4. The summed E-state index contributed by atoms with van der Waals surface area (Å²) in [7, 11) is 1.52. The van der Waals surface area contributed by atoms with E-state index in [4.69, 9.17) is 0 Å². The number of phenolic OH excluding ortho intramolecular Hbond substituents is 1. The van der Waals surface area contributed by atoms with Crippen LogP contribution in [-0.4, -0.2) is 40.4 Å². The van der Waals surface area contributed by atoms with E-state index >= 15 is 0 Å². The standard InChI is InChI=1S/C28H23NO5/c1-13-11-22(31)20-12-19-17(7-8-18-24(19)28(34)29(2)27(18)33)23(25(20)26(13)32)16-9-10-21(30)15-6-4-3-5-14(15)16/h3-7,9-11,18-19,23-24,30H,8,12H2,1-2H3/t18-,19+,23-,24-/m0/s1. The number of phenols is 1. The Kier molecular flexibility index (Phi) is 4.34. The highest BCUT2D eigenvalue weighted by molar-refractivity contribution is 6.24. The van der Waals surface area contributed by atoms with Gasteiger partial charge in [0.1, 0.15) is 5.75 Å².